The Kier molecular flexibility index (Phi) is 3.66. The monoisotopic (exact) mass is 347 g/mol. The number of benzene rings is 3. The van der Waals surface area contributed by atoms with Gasteiger partial charge in [0, 0.05) is 28.9 Å². The minimum Gasteiger partial charge on any atom is -0.345 e. The average molecular weight is 348 g/mol. The van der Waals surface area contributed by atoms with Crippen molar-refractivity contribution in [2.75, 3.05) is 11.9 Å². The average Bonchev–Trinajstić information content (AvgIpc) is 2.81. The minimum absolute atomic E-state index is 0.0157. The normalized spacial score (nSPS) is 14.1. The first-order valence-electron chi connectivity index (χ1n) is 8.63. The summed E-state index contributed by atoms with van der Waals surface area (Å²) in [5, 5.41) is 0.758. The van der Waals surface area contributed by atoms with E-state index in [9.17, 15) is 0 Å². The van der Waals surface area contributed by atoms with Crippen LogP contribution in [0.5, 0.6) is 0 Å². The zero-order chi connectivity index (χ0) is 17.8. The third-order valence-electron chi connectivity index (χ3n) is 5.40. The molecule has 0 fully saturated rings. The van der Waals surface area contributed by atoms with Gasteiger partial charge in [-0.15, -0.1) is 0 Å². The number of halogens is 1. The molecule has 0 spiro atoms. The maximum absolute atomic E-state index is 6.16. The Labute approximate surface area is 154 Å². The molecule has 0 saturated heterocycles. The van der Waals surface area contributed by atoms with Gasteiger partial charge in [0.2, 0.25) is 0 Å². The molecule has 25 heavy (non-hydrogen) atoms. The smallest absolute Gasteiger partial charge is 0.0426 e. The molecule has 0 aromatic heterocycles. The summed E-state index contributed by atoms with van der Waals surface area (Å²) < 4.78 is 0. The van der Waals surface area contributed by atoms with E-state index in [1.54, 1.807) is 0 Å². The fraction of sp³-hybridized carbons (Fsp3) is 0.217. The number of aryl methyl sites for hydroxylation is 1. The van der Waals surface area contributed by atoms with Gasteiger partial charge >= 0.3 is 0 Å². The first-order valence-corrected chi connectivity index (χ1v) is 9.01. The van der Waals surface area contributed by atoms with E-state index in [-0.39, 0.29) is 5.41 Å². The minimum atomic E-state index is 0.0157. The Balaban J connectivity index is 1.82. The van der Waals surface area contributed by atoms with Crippen LogP contribution >= 0.6 is 11.6 Å². The Bertz CT molecular complexity index is 972. The van der Waals surface area contributed by atoms with Crippen LogP contribution in [0.2, 0.25) is 5.02 Å². The predicted molar refractivity (Wildman–Crippen MR) is 108 cm³/mol. The highest BCUT2D eigenvalue weighted by Gasteiger charge is 2.35. The third kappa shape index (κ3) is 2.54. The summed E-state index contributed by atoms with van der Waals surface area (Å²) in [5.41, 5.74) is 9.13. The van der Waals surface area contributed by atoms with Crippen molar-refractivity contribution in [1.29, 1.82) is 0 Å². The molecule has 0 N–H and O–H groups in total. The van der Waals surface area contributed by atoms with Crippen LogP contribution in [-0.4, -0.2) is 7.05 Å². The van der Waals surface area contributed by atoms with Crippen LogP contribution in [-0.2, 0) is 5.41 Å². The summed E-state index contributed by atoms with van der Waals surface area (Å²) in [7, 11) is 2.09. The van der Waals surface area contributed by atoms with Gasteiger partial charge in [0.15, 0.2) is 0 Å². The lowest BCUT2D eigenvalue weighted by molar-refractivity contribution is 0.660. The molecule has 0 radical (unpaired) electrons. The van der Waals surface area contributed by atoms with Crippen molar-refractivity contribution < 1.29 is 0 Å². The van der Waals surface area contributed by atoms with Crippen molar-refractivity contribution in [3.63, 3.8) is 0 Å². The predicted octanol–water partition coefficient (Wildman–Crippen LogP) is 6.72. The molecule has 126 valence electrons. The zero-order valence-electron chi connectivity index (χ0n) is 15.1. The van der Waals surface area contributed by atoms with E-state index in [1.165, 1.54) is 33.5 Å². The first kappa shape index (κ1) is 16.2. The van der Waals surface area contributed by atoms with Crippen molar-refractivity contribution >= 4 is 23.0 Å². The van der Waals surface area contributed by atoms with Crippen LogP contribution in [0, 0.1) is 6.92 Å². The Morgan fingerprint density at radius 3 is 2.16 bits per heavy atom. The van der Waals surface area contributed by atoms with Gasteiger partial charge in [-0.1, -0.05) is 61.3 Å². The van der Waals surface area contributed by atoms with E-state index < -0.39 is 0 Å². The molecule has 1 nitrogen and oxygen atoms in total. The lowest BCUT2D eigenvalue weighted by Crippen LogP contribution is -2.16. The Hall–Kier alpha value is -2.25. The van der Waals surface area contributed by atoms with Gasteiger partial charge in [0.1, 0.15) is 0 Å². The molecule has 0 bridgehead atoms. The van der Waals surface area contributed by atoms with E-state index in [0.29, 0.717) is 0 Å². The zero-order valence-corrected chi connectivity index (χ0v) is 15.9. The van der Waals surface area contributed by atoms with E-state index >= 15 is 0 Å². The second kappa shape index (κ2) is 5.64. The van der Waals surface area contributed by atoms with Gasteiger partial charge in [0.25, 0.3) is 0 Å². The number of rotatable bonds is 2. The third-order valence-corrected chi connectivity index (χ3v) is 5.63. The standard InChI is InChI=1S/C23H22ClN/c1-15-8-10-19-20-11-9-18(14-22(20)23(2,3)21(19)12-15)25(4)17-7-5-6-16(24)13-17/h5-14H,1-4H3. The van der Waals surface area contributed by atoms with Crippen LogP contribution < -0.4 is 4.90 Å². The summed E-state index contributed by atoms with van der Waals surface area (Å²) in [6.45, 7) is 6.80. The van der Waals surface area contributed by atoms with E-state index in [4.69, 9.17) is 11.6 Å². The summed E-state index contributed by atoms with van der Waals surface area (Å²) in [6.07, 6.45) is 0. The molecule has 0 atom stereocenters. The molecule has 1 aliphatic carbocycles. The fourth-order valence-electron chi connectivity index (χ4n) is 3.88. The number of nitrogens with zero attached hydrogens (tertiary/aromatic N) is 1. The van der Waals surface area contributed by atoms with Gasteiger partial charge in [-0.05, 0) is 59.5 Å². The molecule has 0 saturated carbocycles. The van der Waals surface area contributed by atoms with Crippen LogP contribution in [0.15, 0.2) is 60.7 Å². The summed E-state index contributed by atoms with van der Waals surface area (Å²) in [5.74, 6) is 0. The summed E-state index contributed by atoms with van der Waals surface area (Å²) >= 11 is 6.16. The van der Waals surface area contributed by atoms with Crippen LogP contribution in [0.25, 0.3) is 11.1 Å². The van der Waals surface area contributed by atoms with Gasteiger partial charge in [-0.2, -0.15) is 0 Å². The van der Waals surface area contributed by atoms with Crippen LogP contribution in [0.1, 0.15) is 30.5 Å². The number of anilines is 2. The quantitative estimate of drug-likeness (QED) is 0.497. The Morgan fingerprint density at radius 2 is 1.44 bits per heavy atom. The molecule has 0 heterocycles. The van der Waals surface area contributed by atoms with E-state index in [2.05, 4.69) is 75.2 Å². The second-order valence-corrected chi connectivity index (χ2v) is 7.88. The molecule has 0 unspecified atom stereocenters. The van der Waals surface area contributed by atoms with Gasteiger partial charge in [-0.25, -0.2) is 0 Å². The number of hydrogen-bond donors (Lipinski definition) is 0. The van der Waals surface area contributed by atoms with E-state index in [1.807, 2.05) is 18.2 Å². The van der Waals surface area contributed by atoms with Crippen molar-refractivity contribution in [2.45, 2.75) is 26.2 Å². The number of hydrogen-bond acceptors (Lipinski definition) is 1. The summed E-state index contributed by atoms with van der Waals surface area (Å²) in [4.78, 5) is 2.19. The lowest BCUT2D eigenvalue weighted by Gasteiger charge is -2.25. The maximum atomic E-state index is 6.16. The molecule has 2 heteroatoms. The number of fused-ring (bicyclic) bond motifs is 3. The van der Waals surface area contributed by atoms with Gasteiger partial charge < -0.3 is 4.90 Å². The highest BCUT2D eigenvalue weighted by atomic mass is 35.5. The first-order chi connectivity index (χ1) is 11.9. The molecule has 3 aromatic rings. The van der Waals surface area contributed by atoms with Crippen molar-refractivity contribution in [2.24, 2.45) is 0 Å². The largest absolute Gasteiger partial charge is 0.345 e. The Morgan fingerprint density at radius 1 is 0.800 bits per heavy atom. The molecule has 4 rings (SSSR count). The molecular formula is C23H22ClN. The highest BCUT2D eigenvalue weighted by molar-refractivity contribution is 6.30. The van der Waals surface area contributed by atoms with Crippen LogP contribution in [0.3, 0.4) is 0 Å². The van der Waals surface area contributed by atoms with Crippen molar-refractivity contribution in [1.82, 2.24) is 0 Å². The van der Waals surface area contributed by atoms with Gasteiger partial charge in [-0.3, -0.25) is 0 Å². The van der Waals surface area contributed by atoms with E-state index in [0.717, 1.165) is 10.7 Å². The van der Waals surface area contributed by atoms with Crippen LogP contribution in [0.4, 0.5) is 11.4 Å². The van der Waals surface area contributed by atoms with Crippen molar-refractivity contribution in [3.05, 3.63) is 82.4 Å². The molecular weight excluding hydrogens is 326 g/mol. The SMILES string of the molecule is Cc1ccc2c(c1)C(C)(C)c1cc(N(C)c3cccc(Cl)c3)ccc1-2. The maximum Gasteiger partial charge on any atom is 0.0426 e. The highest BCUT2D eigenvalue weighted by Crippen LogP contribution is 2.50. The topological polar surface area (TPSA) is 3.24 Å². The molecule has 0 aliphatic heterocycles. The molecule has 1 aliphatic rings. The van der Waals surface area contributed by atoms with Gasteiger partial charge in [0.05, 0.1) is 0 Å². The second-order valence-electron chi connectivity index (χ2n) is 7.44. The van der Waals surface area contributed by atoms with Crippen molar-refractivity contribution in [3.8, 4) is 11.1 Å². The lowest BCUT2D eigenvalue weighted by atomic mass is 9.82. The fourth-order valence-corrected chi connectivity index (χ4v) is 4.07. The molecule has 0 amide bonds. The summed E-state index contributed by atoms with van der Waals surface area (Å²) in [6, 6.07) is 21.6. The molecule has 3 aromatic carbocycles.